The molecule has 1 unspecified atom stereocenters. The molecule has 3 rings (SSSR count). The summed E-state index contributed by atoms with van der Waals surface area (Å²) in [6.45, 7) is 2.60. The molecule has 0 bridgehead atoms. The van der Waals surface area contributed by atoms with Crippen LogP contribution in [0.2, 0.25) is 20.1 Å². The summed E-state index contributed by atoms with van der Waals surface area (Å²) in [5.74, 6) is -0.586. The molecule has 3 aromatic carbocycles. The van der Waals surface area contributed by atoms with E-state index >= 15 is 0 Å². The van der Waals surface area contributed by atoms with E-state index in [1.807, 2.05) is 37.3 Å². The van der Waals surface area contributed by atoms with Crippen molar-refractivity contribution in [2.45, 2.75) is 51.6 Å². The fourth-order valence-corrected chi connectivity index (χ4v) is 6.28. The quantitative estimate of drug-likeness (QED) is 0.169. The summed E-state index contributed by atoms with van der Waals surface area (Å²) in [6.07, 6.45) is 3.21. The van der Waals surface area contributed by atoms with Crippen molar-refractivity contribution in [3.8, 4) is 0 Å². The zero-order chi connectivity index (χ0) is 31.6. The van der Waals surface area contributed by atoms with E-state index in [9.17, 15) is 18.0 Å². The first-order valence-corrected chi connectivity index (χ1v) is 17.2. The lowest BCUT2D eigenvalue weighted by molar-refractivity contribution is -0.141. The van der Waals surface area contributed by atoms with Gasteiger partial charge in [0.1, 0.15) is 6.04 Å². The number of hydrogen-bond acceptors (Lipinski definition) is 4. The number of nitrogens with one attached hydrogen (secondary N) is 1. The lowest BCUT2D eigenvalue weighted by Crippen LogP contribution is -2.50. The zero-order valence-electron chi connectivity index (χ0n) is 24.0. The maximum atomic E-state index is 13.9. The molecule has 2 amide bonds. The van der Waals surface area contributed by atoms with Crippen molar-refractivity contribution in [2.24, 2.45) is 0 Å². The van der Waals surface area contributed by atoms with E-state index in [1.54, 1.807) is 24.3 Å². The molecule has 0 aromatic heterocycles. The van der Waals surface area contributed by atoms with Crippen LogP contribution in [0.3, 0.4) is 0 Å². The lowest BCUT2D eigenvalue weighted by Gasteiger charge is -2.32. The van der Waals surface area contributed by atoms with Crippen LogP contribution in [0.25, 0.3) is 0 Å². The molecule has 0 fully saturated rings. The summed E-state index contributed by atoms with van der Waals surface area (Å²) in [5.41, 5.74) is 1.82. The topological polar surface area (TPSA) is 86.8 Å². The molecule has 0 saturated carbocycles. The number of carbonyl (C=O) groups is 2. The molecule has 0 aliphatic rings. The number of amides is 2. The van der Waals surface area contributed by atoms with Gasteiger partial charge in [-0.25, -0.2) is 8.42 Å². The molecule has 1 N–H and O–H groups in total. The Balaban J connectivity index is 1.91. The second-order valence-electron chi connectivity index (χ2n) is 10.2. The minimum atomic E-state index is -3.74. The lowest BCUT2D eigenvalue weighted by atomic mass is 10.0. The smallest absolute Gasteiger partial charge is 0.243 e. The van der Waals surface area contributed by atoms with Crippen molar-refractivity contribution < 1.29 is 18.0 Å². The van der Waals surface area contributed by atoms with E-state index in [4.69, 9.17) is 46.4 Å². The summed E-state index contributed by atoms with van der Waals surface area (Å²) in [7, 11) is -3.74. The van der Waals surface area contributed by atoms with E-state index in [0.717, 1.165) is 29.0 Å². The Bertz CT molecular complexity index is 1510. The van der Waals surface area contributed by atoms with Crippen LogP contribution in [0, 0.1) is 0 Å². The molecule has 3 aromatic rings. The van der Waals surface area contributed by atoms with Gasteiger partial charge in [0.25, 0.3) is 0 Å². The van der Waals surface area contributed by atoms with Crippen molar-refractivity contribution >= 4 is 73.9 Å². The number of unbranched alkanes of at least 4 members (excludes halogenated alkanes) is 1. The SMILES string of the molecule is CCCCNC(=O)C(Cc1ccccc1)N(Cc1ccc(Cl)c(Cl)c1)C(=O)CCCN(c1cc(Cl)ccc1Cl)S(C)(=O)=O. The maximum Gasteiger partial charge on any atom is 0.243 e. The largest absolute Gasteiger partial charge is 0.354 e. The molecule has 0 aliphatic carbocycles. The van der Waals surface area contributed by atoms with Gasteiger partial charge < -0.3 is 10.2 Å². The maximum absolute atomic E-state index is 13.9. The van der Waals surface area contributed by atoms with Crippen LogP contribution in [0.4, 0.5) is 5.69 Å². The number of hydrogen-bond donors (Lipinski definition) is 1. The second-order valence-corrected chi connectivity index (χ2v) is 13.7. The highest BCUT2D eigenvalue weighted by Gasteiger charge is 2.30. The fraction of sp³-hybridized carbons (Fsp3) is 0.355. The van der Waals surface area contributed by atoms with Gasteiger partial charge in [-0.2, -0.15) is 0 Å². The average molecular weight is 688 g/mol. The standard InChI is InChI=1S/C31H35Cl4N3O4S/c1-3-4-16-36-31(40)29(19-22-9-6-5-7-10-22)37(21-23-12-14-25(33)27(35)18-23)30(39)11-8-17-38(43(2,41)42)28-20-24(32)13-15-26(28)34/h5-7,9-10,12-15,18,20,29H,3-4,8,11,16-17,19,21H2,1-2H3,(H,36,40). The first-order valence-electron chi connectivity index (χ1n) is 13.9. The Kier molecular flexibility index (Phi) is 13.5. The second kappa shape index (κ2) is 16.5. The Hall–Kier alpha value is -2.49. The molecule has 0 spiro atoms. The Labute approximate surface area is 274 Å². The third-order valence-corrected chi connectivity index (χ3v) is 9.24. The number of halogens is 4. The van der Waals surface area contributed by atoms with E-state index in [0.29, 0.717) is 33.6 Å². The Morgan fingerprint density at radius 2 is 1.56 bits per heavy atom. The number of anilines is 1. The number of benzene rings is 3. The minimum Gasteiger partial charge on any atom is -0.354 e. The van der Waals surface area contributed by atoms with Crippen LogP contribution in [-0.4, -0.2) is 50.5 Å². The van der Waals surface area contributed by atoms with Crippen LogP contribution in [0.15, 0.2) is 66.7 Å². The molecule has 0 radical (unpaired) electrons. The van der Waals surface area contributed by atoms with Gasteiger partial charge in [-0.1, -0.05) is 96.1 Å². The van der Waals surface area contributed by atoms with Crippen molar-refractivity contribution in [1.82, 2.24) is 10.2 Å². The molecule has 12 heteroatoms. The summed E-state index contributed by atoms with van der Waals surface area (Å²) < 4.78 is 26.5. The minimum absolute atomic E-state index is 0.0166. The molecule has 7 nitrogen and oxygen atoms in total. The highest BCUT2D eigenvalue weighted by molar-refractivity contribution is 7.92. The molecule has 0 aliphatic heterocycles. The third-order valence-electron chi connectivity index (χ3n) is 6.77. The van der Waals surface area contributed by atoms with E-state index in [1.165, 1.54) is 17.0 Å². The van der Waals surface area contributed by atoms with Crippen molar-refractivity contribution in [3.05, 3.63) is 97.9 Å². The molecule has 0 heterocycles. The molecular formula is C31H35Cl4N3O4S. The third kappa shape index (κ3) is 10.6. The Morgan fingerprint density at radius 3 is 2.21 bits per heavy atom. The van der Waals surface area contributed by atoms with Gasteiger partial charge >= 0.3 is 0 Å². The van der Waals surface area contributed by atoms with Gasteiger partial charge in [-0.3, -0.25) is 13.9 Å². The molecule has 232 valence electrons. The van der Waals surface area contributed by atoms with Crippen LogP contribution in [0.1, 0.15) is 43.7 Å². The molecule has 1 atom stereocenters. The Morgan fingerprint density at radius 1 is 0.860 bits per heavy atom. The average Bonchev–Trinajstić information content (AvgIpc) is 2.96. The fourth-order valence-electron chi connectivity index (χ4n) is 4.55. The van der Waals surface area contributed by atoms with E-state index < -0.39 is 16.1 Å². The number of sulfonamides is 1. The summed E-state index contributed by atoms with van der Waals surface area (Å²) in [5, 5.41) is 4.23. The van der Waals surface area contributed by atoms with Crippen molar-refractivity contribution in [2.75, 3.05) is 23.7 Å². The van der Waals surface area contributed by atoms with Gasteiger partial charge in [-0.15, -0.1) is 0 Å². The van der Waals surface area contributed by atoms with Crippen LogP contribution in [-0.2, 0) is 32.6 Å². The summed E-state index contributed by atoms with van der Waals surface area (Å²) >= 11 is 24.8. The predicted octanol–water partition coefficient (Wildman–Crippen LogP) is 7.40. The van der Waals surface area contributed by atoms with E-state index in [-0.39, 0.29) is 48.5 Å². The van der Waals surface area contributed by atoms with Crippen LogP contribution >= 0.6 is 46.4 Å². The highest BCUT2D eigenvalue weighted by Crippen LogP contribution is 2.31. The van der Waals surface area contributed by atoms with Gasteiger partial charge in [0, 0.05) is 37.5 Å². The zero-order valence-corrected chi connectivity index (χ0v) is 27.9. The van der Waals surface area contributed by atoms with Crippen molar-refractivity contribution in [3.63, 3.8) is 0 Å². The van der Waals surface area contributed by atoms with E-state index in [2.05, 4.69) is 5.32 Å². The summed E-state index contributed by atoms with van der Waals surface area (Å²) in [4.78, 5) is 29.0. The predicted molar refractivity (Wildman–Crippen MR) is 177 cm³/mol. The van der Waals surface area contributed by atoms with Gasteiger partial charge in [-0.05, 0) is 54.3 Å². The molecule has 0 saturated heterocycles. The van der Waals surface area contributed by atoms with Crippen LogP contribution < -0.4 is 9.62 Å². The summed E-state index contributed by atoms with van der Waals surface area (Å²) in [6, 6.07) is 18.3. The monoisotopic (exact) mass is 685 g/mol. The van der Waals surface area contributed by atoms with Crippen LogP contribution in [0.5, 0.6) is 0 Å². The molecule has 43 heavy (non-hydrogen) atoms. The molecular weight excluding hydrogens is 652 g/mol. The van der Waals surface area contributed by atoms with Gasteiger partial charge in [0.05, 0.1) is 27.0 Å². The number of rotatable bonds is 15. The first kappa shape index (κ1) is 35.0. The number of carbonyl (C=O) groups excluding carboxylic acids is 2. The number of nitrogens with zero attached hydrogens (tertiary/aromatic N) is 2. The van der Waals surface area contributed by atoms with Gasteiger partial charge in [0.15, 0.2) is 0 Å². The van der Waals surface area contributed by atoms with Crippen molar-refractivity contribution in [1.29, 1.82) is 0 Å². The highest BCUT2D eigenvalue weighted by atomic mass is 35.5. The normalized spacial score (nSPS) is 12.0. The first-order chi connectivity index (χ1) is 20.4. The van der Waals surface area contributed by atoms with Gasteiger partial charge in [0.2, 0.25) is 21.8 Å².